The molecule has 2 N–H and O–H groups in total. The third-order valence-electron chi connectivity index (χ3n) is 3.64. The summed E-state index contributed by atoms with van der Waals surface area (Å²) in [5.74, 6) is 0.916. The van der Waals surface area contributed by atoms with Crippen LogP contribution in [0, 0.1) is 0 Å². The van der Waals surface area contributed by atoms with Crippen molar-refractivity contribution in [3.05, 3.63) is 0 Å². The topological polar surface area (TPSA) is 48.9 Å². The summed E-state index contributed by atoms with van der Waals surface area (Å²) >= 11 is 0. The van der Waals surface area contributed by atoms with E-state index in [4.69, 9.17) is 4.74 Å². The molecule has 1 aliphatic rings. The van der Waals surface area contributed by atoms with Crippen molar-refractivity contribution in [3.8, 4) is 0 Å². The number of hydrogen-bond acceptors (Lipinski definition) is 3. The van der Waals surface area contributed by atoms with Gasteiger partial charge in [0.2, 0.25) is 0 Å². The molecule has 0 saturated carbocycles. The highest BCUT2D eigenvalue weighted by molar-refractivity contribution is 5.79. The molecule has 5 heteroatoms. The summed E-state index contributed by atoms with van der Waals surface area (Å²) in [6, 6.07) is 1.20. The van der Waals surface area contributed by atoms with E-state index in [2.05, 4.69) is 34.4 Å². The Hall–Kier alpha value is -0.810. The third-order valence-corrected chi connectivity index (χ3v) is 3.64. The summed E-state index contributed by atoms with van der Waals surface area (Å²) in [5.41, 5.74) is 0. The number of likely N-dealkylation sites (tertiary alicyclic amines) is 1. The largest absolute Gasteiger partial charge is 0.385 e. The van der Waals surface area contributed by atoms with Gasteiger partial charge in [-0.25, -0.2) is 0 Å². The Morgan fingerprint density at radius 2 is 2.05 bits per heavy atom. The number of methoxy groups -OCH3 is 1. The maximum absolute atomic E-state index is 5.04. The van der Waals surface area contributed by atoms with E-state index in [0.717, 1.165) is 25.5 Å². The van der Waals surface area contributed by atoms with Crippen LogP contribution in [0.4, 0.5) is 0 Å². The molecule has 0 aromatic heterocycles. The molecule has 0 aromatic rings. The lowest BCUT2D eigenvalue weighted by atomic mass is 10.0. The Morgan fingerprint density at radius 3 is 2.58 bits per heavy atom. The minimum atomic E-state index is 0.545. The molecular formula is C14H30N4O. The second-order valence-corrected chi connectivity index (χ2v) is 5.39. The third kappa shape index (κ3) is 6.25. The van der Waals surface area contributed by atoms with Crippen LogP contribution in [-0.4, -0.2) is 63.3 Å². The zero-order valence-electron chi connectivity index (χ0n) is 12.9. The molecule has 0 spiro atoms. The minimum Gasteiger partial charge on any atom is -0.385 e. The van der Waals surface area contributed by atoms with E-state index in [0.29, 0.717) is 12.1 Å². The van der Waals surface area contributed by atoms with Crippen LogP contribution in [0.5, 0.6) is 0 Å². The molecule has 1 saturated heterocycles. The number of nitrogens with zero attached hydrogens (tertiary/aromatic N) is 2. The molecule has 5 nitrogen and oxygen atoms in total. The van der Waals surface area contributed by atoms with Crippen LogP contribution >= 0.6 is 0 Å². The van der Waals surface area contributed by atoms with Gasteiger partial charge >= 0.3 is 0 Å². The van der Waals surface area contributed by atoms with Crippen molar-refractivity contribution in [2.75, 3.05) is 40.4 Å². The molecule has 0 aromatic carbocycles. The lowest BCUT2D eigenvalue weighted by Gasteiger charge is -2.35. The average molecular weight is 270 g/mol. The Morgan fingerprint density at radius 1 is 1.37 bits per heavy atom. The van der Waals surface area contributed by atoms with Gasteiger partial charge in [-0.05, 0) is 33.1 Å². The van der Waals surface area contributed by atoms with E-state index in [1.165, 1.54) is 25.9 Å². The zero-order valence-corrected chi connectivity index (χ0v) is 12.9. The summed E-state index contributed by atoms with van der Waals surface area (Å²) in [5, 5.41) is 6.84. The number of hydrogen-bond donors (Lipinski definition) is 2. The van der Waals surface area contributed by atoms with Gasteiger partial charge in [0.1, 0.15) is 0 Å². The van der Waals surface area contributed by atoms with E-state index in [-0.39, 0.29) is 0 Å². The highest BCUT2D eigenvalue weighted by Crippen LogP contribution is 2.12. The Bertz CT molecular complexity index is 260. The molecule has 0 atom stereocenters. The number of ether oxygens (including phenoxy) is 1. The van der Waals surface area contributed by atoms with Crippen LogP contribution in [0.1, 0.15) is 33.1 Å². The van der Waals surface area contributed by atoms with Crippen molar-refractivity contribution in [3.63, 3.8) is 0 Å². The molecule has 112 valence electrons. The van der Waals surface area contributed by atoms with Crippen LogP contribution in [0.3, 0.4) is 0 Å². The Balaban J connectivity index is 2.22. The average Bonchev–Trinajstić information content (AvgIpc) is 2.42. The quantitative estimate of drug-likeness (QED) is 0.430. The molecule has 0 aliphatic carbocycles. The first kappa shape index (κ1) is 16.2. The first-order chi connectivity index (χ1) is 9.17. The number of aliphatic imine (C=N–C) groups is 1. The zero-order chi connectivity index (χ0) is 14.1. The molecular weight excluding hydrogens is 240 g/mol. The molecule has 0 bridgehead atoms. The lowest BCUT2D eigenvalue weighted by Crippen LogP contribution is -2.50. The van der Waals surface area contributed by atoms with Gasteiger partial charge in [0.25, 0.3) is 0 Å². The minimum absolute atomic E-state index is 0.545. The summed E-state index contributed by atoms with van der Waals surface area (Å²) in [4.78, 5) is 6.81. The number of rotatable bonds is 6. The molecule has 0 amide bonds. The smallest absolute Gasteiger partial charge is 0.191 e. The maximum Gasteiger partial charge on any atom is 0.191 e. The summed E-state index contributed by atoms with van der Waals surface area (Å²) < 4.78 is 5.04. The second-order valence-electron chi connectivity index (χ2n) is 5.39. The number of guanidine groups is 1. The van der Waals surface area contributed by atoms with Crippen molar-refractivity contribution in [1.82, 2.24) is 15.5 Å². The van der Waals surface area contributed by atoms with Gasteiger partial charge in [-0.3, -0.25) is 4.99 Å². The SMILES string of the molecule is CN=C(NCCCOC)NC1CCN(C(C)C)CC1. The number of piperidine rings is 1. The van der Waals surface area contributed by atoms with Gasteiger partial charge in [-0.2, -0.15) is 0 Å². The van der Waals surface area contributed by atoms with Crippen LogP contribution in [0.25, 0.3) is 0 Å². The molecule has 1 aliphatic heterocycles. The van der Waals surface area contributed by atoms with Crippen molar-refractivity contribution >= 4 is 5.96 Å². The van der Waals surface area contributed by atoms with E-state index in [1.54, 1.807) is 7.11 Å². The van der Waals surface area contributed by atoms with E-state index < -0.39 is 0 Å². The van der Waals surface area contributed by atoms with Gasteiger partial charge in [-0.15, -0.1) is 0 Å². The predicted molar refractivity (Wildman–Crippen MR) is 80.7 cm³/mol. The van der Waals surface area contributed by atoms with Crippen LogP contribution in [0.15, 0.2) is 4.99 Å². The second kappa shape index (κ2) is 9.15. The van der Waals surface area contributed by atoms with Crippen LogP contribution in [0.2, 0.25) is 0 Å². The fourth-order valence-corrected chi connectivity index (χ4v) is 2.37. The fourth-order valence-electron chi connectivity index (χ4n) is 2.37. The molecule has 1 heterocycles. The van der Waals surface area contributed by atoms with Gasteiger partial charge < -0.3 is 20.3 Å². The highest BCUT2D eigenvalue weighted by atomic mass is 16.5. The van der Waals surface area contributed by atoms with Crippen molar-refractivity contribution in [2.24, 2.45) is 4.99 Å². The van der Waals surface area contributed by atoms with Crippen LogP contribution < -0.4 is 10.6 Å². The first-order valence-electron chi connectivity index (χ1n) is 7.37. The predicted octanol–water partition coefficient (Wildman–Crippen LogP) is 1.06. The van der Waals surface area contributed by atoms with Crippen LogP contribution in [-0.2, 0) is 4.74 Å². The molecule has 1 fully saturated rings. The maximum atomic E-state index is 5.04. The van der Waals surface area contributed by atoms with Gasteiger partial charge in [-0.1, -0.05) is 0 Å². The van der Waals surface area contributed by atoms with Crippen molar-refractivity contribution in [2.45, 2.75) is 45.2 Å². The summed E-state index contributed by atoms with van der Waals surface area (Å²) in [7, 11) is 3.56. The Kier molecular flexibility index (Phi) is 7.82. The van der Waals surface area contributed by atoms with E-state index >= 15 is 0 Å². The van der Waals surface area contributed by atoms with Crippen molar-refractivity contribution in [1.29, 1.82) is 0 Å². The first-order valence-corrected chi connectivity index (χ1v) is 7.37. The van der Waals surface area contributed by atoms with E-state index in [1.807, 2.05) is 7.05 Å². The van der Waals surface area contributed by atoms with Gasteiger partial charge in [0.15, 0.2) is 5.96 Å². The lowest BCUT2D eigenvalue weighted by molar-refractivity contribution is 0.167. The highest BCUT2D eigenvalue weighted by Gasteiger charge is 2.21. The molecule has 0 radical (unpaired) electrons. The monoisotopic (exact) mass is 270 g/mol. The number of nitrogens with one attached hydrogen (secondary N) is 2. The van der Waals surface area contributed by atoms with E-state index in [9.17, 15) is 0 Å². The van der Waals surface area contributed by atoms with Crippen molar-refractivity contribution < 1.29 is 4.74 Å². The molecule has 0 unspecified atom stereocenters. The standard InChI is InChI=1S/C14H30N4O/c1-12(2)18-9-6-13(7-10-18)17-14(15-3)16-8-5-11-19-4/h12-13H,5-11H2,1-4H3,(H2,15,16,17). The fraction of sp³-hybridized carbons (Fsp3) is 0.929. The normalized spacial score (nSPS) is 18.9. The Labute approximate surface area is 117 Å². The summed E-state index contributed by atoms with van der Waals surface area (Å²) in [6.07, 6.45) is 3.39. The molecule has 19 heavy (non-hydrogen) atoms. The summed E-state index contributed by atoms with van der Waals surface area (Å²) in [6.45, 7) is 8.58. The van der Waals surface area contributed by atoms with Gasteiger partial charge in [0.05, 0.1) is 0 Å². The molecule has 1 rings (SSSR count). The van der Waals surface area contributed by atoms with Gasteiger partial charge in [0, 0.05) is 52.5 Å².